The summed E-state index contributed by atoms with van der Waals surface area (Å²) in [6, 6.07) is 14.5. The van der Waals surface area contributed by atoms with Crippen molar-refractivity contribution in [3.8, 4) is 5.75 Å². The Labute approximate surface area is 126 Å². The third-order valence-electron chi connectivity index (χ3n) is 2.80. The van der Waals surface area contributed by atoms with Gasteiger partial charge < -0.3 is 10.1 Å². The quantitative estimate of drug-likeness (QED) is 0.792. The van der Waals surface area contributed by atoms with Gasteiger partial charge in [-0.05, 0) is 42.2 Å². The van der Waals surface area contributed by atoms with Crippen LogP contribution in [0.15, 0.2) is 51.8 Å². The Bertz CT molecular complexity index is 542. The molecule has 4 heteroatoms. The van der Waals surface area contributed by atoms with Crippen LogP contribution in [0.1, 0.15) is 5.56 Å². The van der Waals surface area contributed by atoms with Gasteiger partial charge in [-0.1, -0.05) is 28.1 Å². The van der Waals surface area contributed by atoms with Crippen LogP contribution in [-0.4, -0.2) is 13.4 Å². The molecule has 0 saturated heterocycles. The summed E-state index contributed by atoms with van der Waals surface area (Å²) >= 11 is 5.23. The highest BCUT2D eigenvalue weighted by Gasteiger charge is 2.03. The molecule has 0 aliphatic rings. The van der Waals surface area contributed by atoms with Crippen molar-refractivity contribution < 1.29 is 4.74 Å². The summed E-state index contributed by atoms with van der Waals surface area (Å²) in [5.74, 6) is 0.851. The van der Waals surface area contributed by atoms with Crippen molar-refractivity contribution in [2.24, 2.45) is 0 Å². The SMILES string of the molecule is COc1ccc(Br)cc1NCc1ccc(SC)cc1. The van der Waals surface area contributed by atoms with E-state index in [0.29, 0.717) is 0 Å². The van der Waals surface area contributed by atoms with Gasteiger partial charge in [-0.3, -0.25) is 0 Å². The summed E-state index contributed by atoms with van der Waals surface area (Å²) in [5, 5.41) is 3.40. The highest BCUT2D eigenvalue weighted by atomic mass is 79.9. The molecule has 2 nitrogen and oxygen atoms in total. The van der Waals surface area contributed by atoms with Crippen molar-refractivity contribution in [3.05, 3.63) is 52.5 Å². The molecule has 100 valence electrons. The lowest BCUT2D eigenvalue weighted by Crippen LogP contribution is -2.01. The van der Waals surface area contributed by atoms with Gasteiger partial charge in [0.2, 0.25) is 0 Å². The Hall–Kier alpha value is -1.13. The normalized spacial score (nSPS) is 10.3. The molecule has 0 radical (unpaired) electrons. The lowest BCUT2D eigenvalue weighted by molar-refractivity contribution is 0.416. The lowest BCUT2D eigenvalue weighted by Gasteiger charge is -2.12. The maximum atomic E-state index is 5.34. The third-order valence-corrected chi connectivity index (χ3v) is 4.04. The molecule has 0 aromatic heterocycles. The van der Waals surface area contributed by atoms with Crippen molar-refractivity contribution in [2.75, 3.05) is 18.7 Å². The molecule has 0 saturated carbocycles. The van der Waals surface area contributed by atoms with Gasteiger partial charge in [0.05, 0.1) is 12.8 Å². The first-order valence-corrected chi connectivity index (χ1v) is 7.95. The molecule has 2 aromatic rings. The number of hydrogen-bond donors (Lipinski definition) is 1. The summed E-state index contributed by atoms with van der Waals surface area (Å²) in [7, 11) is 1.68. The van der Waals surface area contributed by atoms with Gasteiger partial charge in [-0.15, -0.1) is 11.8 Å². The molecule has 0 atom stereocenters. The summed E-state index contributed by atoms with van der Waals surface area (Å²) < 4.78 is 6.37. The number of anilines is 1. The van der Waals surface area contributed by atoms with Crippen LogP contribution in [0.3, 0.4) is 0 Å². The Kier molecular flexibility index (Phi) is 5.16. The van der Waals surface area contributed by atoms with E-state index in [0.717, 1.165) is 22.5 Å². The fourth-order valence-electron chi connectivity index (χ4n) is 1.76. The molecule has 19 heavy (non-hydrogen) atoms. The average molecular weight is 338 g/mol. The van der Waals surface area contributed by atoms with Crippen molar-refractivity contribution in [2.45, 2.75) is 11.4 Å². The van der Waals surface area contributed by atoms with Crippen LogP contribution in [0.2, 0.25) is 0 Å². The van der Waals surface area contributed by atoms with E-state index in [-0.39, 0.29) is 0 Å². The molecule has 0 heterocycles. The van der Waals surface area contributed by atoms with Gasteiger partial charge in [0.25, 0.3) is 0 Å². The van der Waals surface area contributed by atoms with E-state index in [1.807, 2.05) is 18.2 Å². The van der Waals surface area contributed by atoms with Crippen molar-refractivity contribution >= 4 is 33.4 Å². The smallest absolute Gasteiger partial charge is 0.142 e. The molecule has 0 amide bonds. The topological polar surface area (TPSA) is 21.3 Å². The zero-order valence-corrected chi connectivity index (χ0v) is 13.3. The zero-order chi connectivity index (χ0) is 13.7. The fourth-order valence-corrected chi connectivity index (χ4v) is 2.53. The van der Waals surface area contributed by atoms with Gasteiger partial charge >= 0.3 is 0 Å². The second-order valence-corrected chi connectivity index (χ2v) is 5.84. The number of rotatable bonds is 5. The minimum Gasteiger partial charge on any atom is -0.495 e. The van der Waals surface area contributed by atoms with Crippen LogP contribution in [0.4, 0.5) is 5.69 Å². The molecule has 2 rings (SSSR count). The van der Waals surface area contributed by atoms with Gasteiger partial charge in [-0.25, -0.2) is 0 Å². The summed E-state index contributed by atoms with van der Waals surface area (Å²) in [5.41, 5.74) is 2.24. The Morgan fingerprint density at radius 2 is 1.89 bits per heavy atom. The summed E-state index contributed by atoms with van der Waals surface area (Å²) in [4.78, 5) is 1.28. The number of methoxy groups -OCH3 is 1. The predicted octanol–water partition coefficient (Wildman–Crippen LogP) is 4.79. The van der Waals surface area contributed by atoms with E-state index in [9.17, 15) is 0 Å². The first-order chi connectivity index (χ1) is 9.22. The minimum absolute atomic E-state index is 0.779. The molecule has 2 aromatic carbocycles. The number of nitrogens with one attached hydrogen (secondary N) is 1. The van der Waals surface area contributed by atoms with E-state index in [1.54, 1.807) is 18.9 Å². The predicted molar refractivity (Wildman–Crippen MR) is 86.2 cm³/mol. The number of hydrogen-bond acceptors (Lipinski definition) is 3. The number of thioether (sulfide) groups is 1. The van der Waals surface area contributed by atoms with Crippen molar-refractivity contribution in [1.82, 2.24) is 0 Å². The molecular weight excluding hydrogens is 322 g/mol. The van der Waals surface area contributed by atoms with Gasteiger partial charge in [0.15, 0.2) is 0 Å². The standard InChI is InChI=1S/C15H16BrNOS/c1-18-15-8-5-12(16)9-14(15)17-10-11-3-6-13(19-2)7-4-11/h3-9,17H,10H2,1-2H3. The summed E-state index contributed by atoms with van der Waals surface area (Å²) in [6.07, 6.45) is 2.08. The molecule has 0 aliphatic carbocycles. The van der Waals surface area contributed by atoms with Gasteiger partial charge in [-0.2, -0.15) is 0 Å². The fraction of sp³-hybridized carbons (Fsp3) is 0.200. The third kappa shape index (κ3) is 3.91. The van der Waals surface area contributed by atoms with Crippen molar-refractivity contribution in [1.29, 1.82) is 0 Å². The zero-order valence-electron chi connectivity index (χ0n) is 10.9. The maximum Gasteiger partial charge on any atom is 0.142 e. The van der Waals surface area contributed by atoms with Gasteiger partial charge in [0.1, 0.15) is 5.75 Å². The molecule has 0 fully saturated rings. The Morgan fingerprint density at radius 1 is 1.16 bits per heavy atom. The van der Waals surface area contributed by atoms with E-state index in [2.05, 4.69) is 51.8 Å². The largest absolute Gasteiger partial charge is 0.495 e. The van der Waals surface area contributed by atoms with Crippen LogP contribution in [-0.2, 0) is 6.54 Å². The maximum absolute atomic E-state index is 5.34. The number of halogens is 1. The second kappa shape index (κ2) is 6.87. The molecule has 0 aliphatic heterocycles. The van der Waals surface area contributed by atoms with Crippen molar-refractivity contribution in [3.63, 3.8) is 0 Å². The van der Waals surface area contributed by atoms with E-state index in [4.69, 9.17) is 4.74 Å². The molecule has 0 unspecified atom stereocenters. The first-order valence-electron chi connectivity index (χ1n) is 5.93. The van der Waals surface area contributed by atoms with Crippen LogP contribution >= 0.6 is 27.7 Å². The number of benzene rings is 2. The first kappa shape index (κ1) is 14.3. The Morgan fingerprint density at radius 3 is 2.53 bits per heavy atom. The van der Waals surface area contributed by atoms with Crippen LogP contribution in [0.5, 0.6) is 5.75 Å². The van der Waals surface area contributed by atoms with Gasteiger partial charge in [0, 0.05) is 15.9 Å². The molecular formula is C15H16BrNOS. The second-order valence-electron chi connectivity index (χ2n) is 4.05. The van der Waals surface area contributed by atoms with Crippen LogP contribution < -0.4 is 10.1 Å². The molecule has 1 N–H and O–H groups in total. The van der Waals surface area contributed by atoms with E-state index in [1.165, 1.54) is 10.5 Å². The molecule has 0 bridgehead atoms. The van der Waals surface area contributed by atoms with E-state index >= 15 is 0 Å². The monoisotopic (exact) mass is 337 g/mol. The average Bonchev–Trinajstić information content (AvgIpc) is 2.46. The Balaban J connectivity index is 2.07. The van der Waals surface area contributed by atoms with Crippen LogP contribution in [0.25, 0.3) is 0 Å². The number of ether oxygens (including phenoxy) is 1. The van der Waals surface area contributed by atoms with Crippen LogP contribution in [0, 0.1) is 0 Å². The molecule has 0 spiro atoms. The highest BCUT2D eigenvalue weighted by molar-refractivity contribution is 9.10. The summed E-state index contributed by atoms with van der Waals surface area (Å²) in [6.45, 7) is 0.779. The van der Waals surface area contributed by atoms with E-state index < -0.39 is 0 Å². The lowest BCUT2D eigenvalue weighted by atomic mass is 10.2. The highest BCUT2D eigenvalue weighted by Crippen LogP contribution is 2.28. The minimum atomic E-state index is 0.779.